The van der Waals surface area contributed by atoms with Crippen LogP contribution in [0.4, 0.5) is 0 Å². The van der Waals surface area contributed by atoms with Crippen LogP contribution in [0.1, 0.15) is 38.5 Å². The summed E-state index contributed by atoms with van der Waals surface area (Å²) in [5.41, 5.74) is 0. The summed E-state index contributed by atoms with van der Waals surface area (Å²) in [4.78, 5) is 2.69. The quantitative estimate of drug-likeness (QED) is 0.781. The van der Waals surface area contributed by atoms with E-state index < -0.39 is 0 Å². The molecule has 0 bridgehead atoms. The standard InChI is InChI=1S/C13H24N2O/c1-16-13-5-4-12(8-13)15-7-6-11(9-15)14-10-2-3-10/h10-14H,2-9H2,1H3. The van der Waals surface area contributed by atoms with Gasteiger partial charge in [-0.05, 0) is 38.5 Å². The third-order valence-corrected chi connectivity index (χ3v) is 4.47. The molecular formula is C13H24N2O. The summed E-state index contributed by atoms with van der Waals surface area (Å²) in [5, 5.41) is 3.76. The number of nitrogens with one attached hydrogen (secondary N) is 1. The van der Waals surface area contributed by atoms with Crippen molar-refractivity contribution >= 4 is 0 Å². The number of methoxy groups -OCH3 is 1. The predicted molar refractivity (Wildman–Crippen MR) is 64.6 cm³/mol. The molecule has 3 heteroatoms. The molecule has 0 aromatic carbocycles. The van der Waals surface area contributed by atoms with Crippen LogP contribution in [0.5, 0.6) is 0 Å². The van der Waals surface area contributed by atoms with Crippen molar-refractivity contribution in [2.24, 2.45) is 0 Å². The average Bonchev–Trinajstić information content (AvgIpc) is 2.83. The lowest BCUT2D eigenvalue weighted by Crippen LogP contribution is -2.37. The number of hydrogen-bond acceptors (Lipinski definition) is 3. The largest absolute Gasteiger partial charge is 0.381 e. The first kappa shape index (κ1) is 11.0. The van der Waals surface area contributed by atoms with Gasteiger partial charge in [-0.3, -0.25) is 4.90 Å². The van der Waals surface area contributed by atoms with Gasteiger partial charge in [0, 0.05) is 38.3 Å². The van der Waals surface area contributed by atoms with E-state index in [1.54, 1.807) is 0 Å². The number of ether oxygens (including phenoxy) is 1. The third-order valence-electron chi connectivity index (χ3n) is 4.47. The van der Waals surface area contributed by atoms with Crippen LogP contribution in [-0.2, 0) is 4.74 Å². The maximum absolute atomic E-state index is 5.46. The maximum Gasteiger partial charge on any atom is 0.0586 e. The van der Waals surface area contributed by atoms with Crippen LogP contribution in [-0.4, -0.2) is 49.3 Å². The summed E-state index contributed by atoms with van der Waals surface area (Å²) in [5.74, 6) is 0. The summed E-state index contributed by atoms with van der Waals surface area (Å²) in [6, 6.07) is 2.44. The van der Waals surface area contributed by atoms with Gasteiger partial charge in [0.25, 0.3) is 0 Å². The van der Waals surface area contributed by atoms with Crippen molar-refractivity contribution in [2.75, 3.05) is 20.2 Å². The zero-order valence-electron chi connectivity index (χ0n) is 10.3. The fourth-order valence-corrected chi connectivity index (χ4v) is 3.30. The van der Waals surface area contributed by atoms with E-state index in [-0.39, 0.29) is 0 Å². The second-order valence-electron chi connectivity index (χ2n) is 5.75. The molecule has 0 radical (unpaired) electrons. The van der Waals surface area contributed by atoms with E-state index in [1.807, 2.05) is 7.11 Å². The molecule has 1 N–H and O–H groups in total. The van der Waals surface area contributed by atoms with E-state index in [2.05, 4.69) is 10.2 Å². The van der Waals surface area contributed by atoms with E-state index >= 15 is 0 Å². The molecule has 3 nitrogen and oxygen atoms in total. The molecule has 16 heavy (non-hydrogen) atoms. The minimum Gasteiger partial charge on any atom is -0.381 e. The lowest BCUT2D eigenvalue weighted by atomic mass is 10.2. The van der Waals surface area contributed by atoms with Crippen LogP contribution < -0.4 is 5.32 Å². The highest BCUT2D eigenvalue weighted by molar-refractivity contribution is 4.93. The van der Waals surface area contributed by atoms with Gasteiger partial charge in [0.2, 0.25) is 0 Å². The van der Waals surface area contributed by atoms with Crippen molar-refractivity contribution < 1.29 is 4.74 Å². The minimum atomic E-state index is 0.528. The lowest BCUT2D eigenvalue weighted by molar-refractivity contribution is 0.0994. The predicted octanol–water partition coefficient (Wildman–Crippen LogP) is 1.38. The smallest absolute Gasteiger partial charge is 0.0586 e. The zero-order valence-corrected chi connectivity index (χ0v) is 10.3. The number of rotatable bonds is 4. The first-order valence-electron chi connectivity index (χ1n) is 6.88. The van der Waals surface area contributed by atoms with Crippen molar-refractivity contribution in [3.63, 3.8) is 0 Å². The topological polar surface area (TPSA) is 24.5 Å². The molecular weight excluding hydrogens is 200 g/mol. The monoisotopic (exact) mass is 224 g/mol. The molecule has 0 spiro atoms. The average molecular weight is 224 g/mol. The molecule has 92 valence electrons. The highest BCUT2D eigenvalue weighted by atomic mass is 16.5. The van der Waals surface area contributed by atoms with Crippen LogP contribution >= 0.6 is 0 Å². The molecule has 2 aliphatic carbocycles. The van der Waals surface area contributed by atoms with Crippen molar-refractivity contribution in [3.8, 4) is 0 Å². The van der Waals surface area contributed by atoms with Crippen LogP contribution in [0.25, 0.3) is 0 Å². The molecule has 1 aliphatic heterocycles. The lowest BCUT2D eigenvalue weighted by Gasteiger charge is -2.24. The summed E-state index contributed by atoms with van der Waals surface area (Å²) in [6.07, 6.45) is 8.56. The Hall–Kier alpha value is -0.120. The van der Waals surface area contributed by atoms with Crippen molar-refractivity contribution in [3.05, 3.63) is 0 Å². The van der Waals surface area contributed by atoms with E-state index in [9.17, 15) is 0 Å². The number of hydrogen-bond donors (Lipinski definition) is 1. The second kappa shape index (κ2) is 4.63. The Balaban J connectivity index is 1.45. The normalized spacial score (nSPS) is 40.7. The molecule has 0 aromatic heterocycles. The minimum absolute atomic E-state index is 0.528. The van der Waals surface area contributed by atoms with Gasteiger partial charge in [-0.15, -0.1) is 0 Å². The molecule has 3 atom stereocenters. The molecule has 3 rings (SSSR count). The summed E-state index contributed by atoms with van der Waals surface area (Å²) in [6.45, 7) is 2.57. The zero-order chi connectivity index (χ0) is 11.0. The van der Waals surface area contributed by atoms with Gasteiger partial charge in [0.05, 0.1) is 6.10 Å². The first-order valence-corrected chi connectivity index (χ1v) is 6.88. The van der Waals surface area contributed by atoms with E-state index in [0.717, 1.165) is 18.1 Å². The maximum atomic E-state index is 5.46. The Morgan fingerprint density at radius 1 is 1.06 bits per heavy atom. The highest BCUT2D eigenvalue weighted by Gasteiger charge is 2.35. The van der Waals surface area contributed by atoms with Crippen LogP contribution in [0.2, 0.25) is 0 Å². The van der Waals surface area contributed by atoms with Crippen LogP contribution in [0, 0.1) is 0 Å². The Labute approximate surface area is 98.5 Å². The van der Waals surface area contributed by atoms with Crippen LogP contribution in [0.3, 0.4) is 0 Å². The summed E-state index contributed by atoms with van der Waals surface area (Å²) < 4.78 is 5.46. The van der Waals surface area contributed by atoms with Gasteiger partial charge in [-0.1, -0.05) is 0 Å². The molecule has 1 heterocycles. The van der Waals surface area contributed by atoms with E-state index in [0.29, 0.717) is 6.10 Å². The fourth-order valence-electron chi connectivity index (χ4n) is 3.30. The SMILES string of the molecule is COC1CCC(N2CCC(NC3CC3)C2)C1. The molecule has 3 fully saturated rings. The van der Waals surface area contributed by atoms with Crippen molar-refractivity contribution in [2.45, 2.75) is 62.8 Å². The summed E-state index contributed by atoms with van der Waals surface area (Å²) in [7, 11) is 1.86. The van der Waals surface area contributed by atoms with Crippen molar-refractivity contribution in [1.82, 2.24) is 10.2 Å². The Kier molecular flexibility index (Phi) is 3.18. The Bertz CT molecular complexity index is 242. The van der Waals surface area contributed by atoms with Gasteiger partial charge in [-0.2, -0.15) is 0 Å². The molecule has 3 aliphatic rings. The third kappa shape index (κ3) is 2.41. The number of nitrogens with zero attached hydrogens (tertiary/aromatic N) is 1. The van der Waals surface area contributed by atoms with Gasteiger partial charge in [-0.25, -0.2) is 0 Å². The van der Waals surface area contributed by atoms with Gasteiger partial charge in [0.1, 0.15) is 0 Å². The first-order chi connectivity index (χ1) is 7.85. The van der Waals surface area contributed by atoms with Crippen LogP contribution in [0.15, 0.2) is 0 Å². The molecule has 1 saturated heterocycles. The molecule has 2 saturated carbocycles. The van der Waals surface area contributed by atoms with E-state index in [4.69, 9.17) is 4.74 Å². The molecule has 0 aromatic rings. The molecule has 0 amide bonds. The van der Waals surface area contributed by atoms with E-state index in [1.165, 1.54) is 51.6 Å². The van der Waals surface area contributed by atoms with Crippen molar-refractivity contribution in [1.29, 1.82) is 0 Å². The molecule has 3 unspecified atom stereocenters. The number of likely N-dealkylation sites (tertiary alicyclic amines) is 1. The van der Waals surface area contributed by atoms with Gasteiger partial charge < -0.3 is 10.1 Å². The van der Waals surface area contributed by atoms with Gasteiger partial charge in [0.15, 0.2) is 0 Å². The summed E-state index contributed by atoms with van der Waals surface area (Å²) >= 11 is 0. The Morgan fingerprint density at radius 3 is 2.62 bits per heavy atom. The highest BCUT2D eigenvalue weighted by Crippen LogP contribution is 2.29. The second-order valence-corrected chi connectivity index (χ2v) is 5.75. The van der Waals surface area contributed by atoms with Gasteiger partial charge >= 0.3 is 0 Å². The Morgan fingerprint density at radius 2 is 1.94 bits per heavy atom. The fraction of sp³-hybridized carbons (Fsp3) is 1.00.